The van der Waals surface area contributed by atoms with Crippen molar-refractivity contribution in [3.05, 3.63) is 11.9 Å². The number of carbonyl (C=O) groups is 1. The van der Waals surface area contributed by atoms with Crippen LogP contribution in [0.3, 0.4) is 0 Å². The highest BCUT2D eigenvalue weighted by atomic mass is 16.2. The molecule has 2 fully saturated rings. The average Bonchev–Trinajstić information content (AvgIpc) is 2.94. The molecular weight excluding hydrogens is 300 g/mol. The van der Waals surface area contributed by atoms with Crippen molar-refractivity contribution < 1.29 is 4.79 Å². The van der Waals surface area contributed by atoms with Gasteiger partial charge >= 0.3 is 0 Å². The van der Waals surface area contributed by atoms with Gasteiger partial charge in [0.05, 0.1) is 11.7 Å². The van der Waals surface area contributed by atoms with Crippen LogP contribution in [0.25, 0.3) is 0 Å². The molecule has 3 rings (SSSR count). The maximum absolute atomic E-state index is 13.2. The summed E-state index contributed by atoms with van der Waals surface area (Å²) in [5, 5.41) is 8.37. The van der Waals surface area contributed by atoms with E-state index in [2.05, 4.69) is 36.0 Å². The molecule has 0 N–H and O–H groups in total. The van der Waals surface area contributed by atoms with Gasteiger partial charge in [0.1, 0.15) is 0 Å². The molecule has 24 heavy (non-hydrogen) atoms. The first-order chi connectivity index (χ1) is 11.5. The van der Waals surface area contributed by atoms with Crippen LogP contribution in [-0.2, 0) is 5.54 Å². The highest BCUT2D eigenvalue weighted by Crippen LogP contribution is 2.33. The fraction of sp³-hybridized carbons (Fsp3) is 0.842. The van der Waals surface area contributed by atoms with Crippen molar-refractivity contribution in [1.29, 1.82) is 0 Å². The molecule has 0 radical (unpaired) electrons. The Bertz CT molecular complexity index is 554. The Morgan fingerprint density at radius 1 is 1.04 bits per heavy atom. The third-order valence-corrected chi connectivity index (χ3v) is 5.65. The molecule has 2 aliphatic rings. The molecule has 134 valence electrons. The van der Waals surface area contributed by atoms with Gasteiger partial charge in [0, 0.05) is 12.6 Å². The summed E-state index contributed by atoms with van der Waals surface area (Å²) in [5.41, 5.74) is 0.361. The predicted molar refractivity (Wildman–Crippen MR) is 94.9 cm³/mol. The van der Waals surface area contributed by atoms with Gasteiger partial charge in [-0.05, 0) is 52.4 Å². The van der Waals surface area contributed by atoms with Gasteiger partial charge in [0.2, 0.25) is 0 Å². The standard InChI is InChI=1S/C19H32N4O/c1-19(2,3)23-14-16(20-21-23)18(24)22-13-9-5-8-12-17(22)15-10-6-4-7-11-15/h14-15,17H,4-13H2,1-3H3. The molecule has 0 spiro atoms. The molecule has 1 saturated carbocycles. The number of hydrogen-bond acceptors (Lipinski definition) is 3. The minimum Gasteiger partial charge on any atom is -0.334 e. The Morgan fingerprint density at radius 2 is 1.71 bits per heavy atom. The Morgan fingerprint density at radius 3 is 2.38 bits per heavy atom. The second kappa shape index (κ2) is 7.24. The zero-order valence-electron chi connectivity index (χ0n) is 15.5. The number of rotatable bonds is 2. The molecule has 1 saturated heterocycles. The minimum atomic E-state index is -0.146. The highest BCUT2D eigenvalue weighted by molar-refractivity contribution is 5.92. The van der Waals surface area contributed by atoms with E-state index in [1.165, 1.54) is 44.9 Å². The molecule has 2 heterocycles. The summed E-state index contributed by atoms with van der Waals surface area (Å²) in [6.07, 6.45) is 13.1. The Kier molecular flexibility index (Phi) is 5.26. The molecule has 1 aliphatic heterocycles. The average molecular weight is 332 g/mol. The van der Waals surface area contributed by atoms with Crippen molar-refractivity contribution in [2.75, 3.05) is 6.54 Å². The van der Waals surface area contributed by atoms with Gasteiger partial charge in [-0.3, -0.25) is 4.79 Å². The van der Waals surface area contributed by atoms with Gasteiger partial charge in [0.15, 0.2) is 5.69 Å². The van der Waals surface area contributed by atoms with Crippen LogP contribution in [0.15, 0.2) is 6.20 Å². The van der Waals surface area contributed by atoms with E-state index < -0.39 is 0 Å². The van der Waals surface area contributed by atoms with Crippen LogP contribution < -0.4 is 0 Å². The van der Waals surface area contributed by atoms with Crippen molar-refractivity contribution in [3.63, 3.8) is 0 Å². The van der Waals surface area contributed by atoms with Crippen molar-refractivity contribution in [1.82, 2.24) is 19.9 Å². The van der Waals surface area contributed by atoms with E-state index in [0.29, 0.717) is 17.7 Å². The quantitative estimate of drug-likeness (QED) is 0.822. The number of likely N-dealkylation sites (tertiary alicyclic amines) is 1. The van der Waals surface area contributed by atoms with Gasteiger partial charge in [0.25, 0.3) is 5.91 Å². The molecule has 5 nitrogen and oxygen atoms in total. The summed E-state index contributed by atoms with van der Waals surface area (Å²) in [6.45, 7) is 7.11. The van der Waals surface area contributed by atoms with Crippen molar-refractivity contribution in [2.45, 2.75) is 90.1 Å². The highest BCUT2D eigenvalue weighted by Gasteiger charge is 2.34. The maximum Gasteiger partial charge on any atom is 0.276 e. The van der Waals surface area contributed by atoms with Crippen molar-refractivity contribution in [2.24, 2.45) is 5.92 Å². The zero-order chi connectivity index (χ0) is 17.2. The zero-order valence-corrected chi connectivity index (χ0v) is 15.5. The monoisotopic (exact) mass is 332 g/mol. The summed E-state index contributed by atoms with van der Waals surface area (Å²) < 4.78 is 1.80. The summed E-state index contributed by atoms with van der Waals surface area (Å²) >= 11 is 0. The van der Waals surface area contributed by atoms with E-state index in [0.717, 1.165) is 19.4 Å². The smallest absolute Gasteiger partial charge is 0.276 e. The second-order valence-corrected chi connectivity index (χ2v) is 8.53. The third kappa shape index (κ3) is 3.81. The summed E-state index contributed by atoms with van der Waals surface area (Å²) in [5.74, 6) is 0.765. The summed E-state index contributed by atoms with van der Waals surface area (Å²) in [4.78, 5) is 15.3. The normalized spacial score (nSPS) is 24.0. The lowest BCUT2D eigenvalue weighted by Crippen LogP contribution is -2.45. The summed E-state index contributed by atoms with van der Waals surface area (Å²) in [6, 6.07) is 0.403. The van der Waals surface area contributed by atoms with E-state index in [9.17, 15) is 4.79 Å². The molecule has 1 atom stereocenters. The molecule has 5 heteroatoms. The van der Waals surface area contributed by atoms with Crippen LogP contribution in [0, 0.1) is 5.92 Å². The van der Waals surface area contributed by atoms with E-state index in [1.807, 2.05) is 6.20 Å². The fourth-order valence-electron chi connectivity index (χ4n) is 4.23. The molecule has 1 aromatic heterocycles. The van der Waals surface area contributed by atoms with Crippen LogP contribution in [-0.4, -0.2) is 38.4 Å². The van der Waals surface area contributed by atoms with E-state index >= 15 is 0 Å². The Hall–Kier alpha value is -1.39. The second-order valence-electron chi connectivity index (χ2n) is 8.53. The molecule has 0 aromatic carbocycles. The molecular formula is C19H32N4O. The van der Waals surface area contributed by atoms with Crippen molar-refractivity contribution >= 4 is 5.91 Å². The third-order valence-electron chi connectivity index (χ3n) is 5.65. The van der Waals surface area contributed by atoms with Crippen LogP contribution in [0.5, 0.6) is 0 Å². The number of nitrogens with zero attached hydrogens (tertiary/aromatic N) is 4. The summed E-state index contributed by atoms with van der Waals surface area (Å²) in [7, 11) is 0. The van der Waals surface area contributed by atoms with Gasteiger partial charge in [-0.2, -0.15) is 0 Å². The van der Waals surface area contributed by atoms with Gasteiger partial charge in [-0.25, -0.2) is 4.68 Å². The topological polar surface area (TPSA) is 51.0 Å². The minimum absolute atomic E-state index is 0.0861. The number of amides is 1. The van der Waals surface area contributed by atoms with Gasteiger partial charge in [-0.1, -0.05) is 37.3 Å². The largest absolute Gasteiger partial charge is 0.334 e. The van der Waals surface area contributed by atoms with Crippen molar-refractivity contribution in [3.8, 4) is 0 Å². The molecule has 0 bridgehead atoms. The fourth-order valence-corrected chi connectivity index (χ4v) is 4.23. The molecule has 1 aliphatic carbocycles. The first kappa shape index (κ1) is 17.4. The predicted octanol–water partition coefficient (Wildman–Crippen LogP) is 4.00. The van der Waals surface area contributed by atoms with Crippen LogP contribution in [0.1, 0.15) is 89.0 Å². The SMILES string of the molecule is CC(C)(C)n1cc(C(=O)N2CCCCCC2C2CCCCC2)nn1. The van der Waals surface area contributed by atoms with Crippen LogP contribution >= 0.6 is 0 Å². The number of carbonyl (C=O) groups excluding carboxylic acids is 1. The van der Waals surface area contributed by atoms with E-state index in [-0.39, 0.29) is 11.4 Å². The first-order valence-electron chi connectivity index (χ1n) is 9.70. The number of hydrogen-bond donors (Lipinski definition) is 0. The van der Waals surface area contributed by atoms with Crippen LogP contribution in [0.2, 0.25) is 0 Å². The Labute approximate surface area is 145 Å². The first-order valence-corrected chi connectivity index (χ1v) is 9.70. The van der Waals surface area contributed by atoms with Gasteiger partial charge < -0.3 is 4.90 Å². The van der Waals surface area contributed by atoms with Gasteiger partial charge in [-0.15, -0.1) is 5.10 Å². The maximum atomic E-state index is 13.2. The van der Waals surface area contributed by atoms with Crippen LogP contribution in [0.4, 0.5) is 0 Å². The molecule has 1 unspecified atom stereocenters. The molecule has 1 amide bonds. The lowest BCUT2D eigenvalue weighted by atomic mass is 9.81. The lowest BCUT2D eigenvalue weighted by molar-refractivity contribution is 0.0569. The van der Waals surface area contributed by atoms with E-state index in [1.54, 1.807) is 4.68 Å². The van der Waals surface area contributed by atoms with E-state index in [4.69, 9.17) is 0 Å². The lowest BCUT2D eigenvalue weighted by Gasteiger charge is -2.37. The Balaban J connectivity index is 1.80. The number of aromatic nitrogens is 3. The molecule has 1 aromatic rings.